The number of anilines is 2. The second-order valence-electron chi connectivity index (χ2n) is 10.1. The first-order chi connectivity index (χ1) is 20.6. The van der Waals surface area contributed by atoms with Gasteiger partial charge in [0.25, 0.3) is 5.91 Å². The molecule has 0 saturated carbocycles. The predicted molar refractivity (Wildman–Crippen MR) is 152 cm³/mol. The summed E-state index contributed by atoms with van der Waals surface area (Å²) in [6.07, 6.45) is -1.97. The molecule has 2 aromatic heterocycles. The van der Waals surface area contributed by atoms with Crippen molar-refractivity contribution in [1.82, 2.24) is 30.2 Å². The first-order valence-corrected chi connectivity index (χ1v) is 13.5. The van der Waals surface area contributed by atoms with Crippen molar-refractivity contribution in [3.8, 4) is 17.2 Å². The highest BCUT2D eigenvalue weighted by Gasteiger charge is 2.42. The molecule has 1 fully saturated rings. The monoisotopic (exact) mass is 598 g/mol. The molecule has 0 spiro atoms. The summed E-state index contributed by atoms with van der Waals surface area (Å²) in [5.74, 6) is -2.45. The molecule has 4 aromatic rings. The minimum absolute atomic E-state index is 0.00746. The largest absolute Gasteiger partial charge is 0.454 e. The number of benzene rings is 2. The van der Waals surface area contributed by atoms with Crippen molar-refractivity contribution >= 4 is 17.3 Å². The van der Waals surface area contributed by atoms with Gasteiger partial charge in [0, 0.05) is 37.9 Å². The second-order valence-corrected chi connectivity index (χ2v) is 10.1. The van der Waals surface area contributed by atoms with Crippen molar-refractivity contribution in [2.45, 2.75) is 19.1 Å². The van der Waals surface area contributed by atoms with Crippen LogP contribution in [0, 0.1) is 12.7 Å². The maximum Gasteiger partial charge on any atom is 0.422 e. The van der Waals surface area contributed by atoms with Gasteiger partial charge in [0.15, 0.2) is 17.3 Å². The summed E-state index contributed by atoms with van der Waals surface area (Å²) < 4.78 is 66.2. The van der Waals surface area contributed by atoms with Gasteiger partial charge in [-0.15, -0.1) is 0 Å². The maximum absolute atomic E-state index is 14.9. The summed E-state index contributed by atoms with van der Waals surface area (Å²) in [6, 6.07) is 10.7. The van der Waals surface area contributed by atoms with Crippen LogP contribution in [0.25, 0.3) is 5.69 Å². The summed E-state index contributed by atoms with van der Waals surface area (Å²) in [5.41, 5.74) is -0.300. The van der Waals surface area contributed by atoms with Gasteiger partial charge in [-0.2, -0.15) is 28.5 Å². The molecule has 14 heteroatoms. The van der Waals surface area contributed by atoms with Crippen molar-refractivity contribution in [2.75, 3.05) is 50.5 Å². The van der Waals surface area contributed by atoms with E-state index >= 15 is 0 Å². The third-order valence-corrected chi connectivity index (χ3v) is 7.19. The topological polar surface area (TPSA) is 100 Å². The predicted octanol–water partition coefficient (Wildman–Crippen LogP) is 4.51. The number of hydrogen-bond acceptors (Lipinski definition) is 8. The van der Waals surface area contributed by atoms with Crippen LogP contribution in [-0.4, -0.2) is 77.1 Å². The average molecular weight is 599 g/mol. The van der Waals surface area contributed by atoms with Gasteiger partial charge >= 0.3 is 6.18 Å². The van der Waals surface area contributed by atoms with E-state index in [-0.39, 0.29) is 41.9 Å². The first-order valence-electron chi connectivity index (χ1n) is 13.5. The Hall–Kier alpha value is -4.56. The van der Waals surface area contributed by atoms with Crippen LogP contribution in [-0.2, 0) is 6.18 Å². The number of hydrogen-bond donors (Lipinski definition) is 2. The van der Waals surface area contributed by atoms with E-state index in [0.29, 0.717) is 24.5 Å². The van der Waals surface area contributed by atoms with Crippen LogP contribution >= 0.6 is 0 Å². The molecule has 3 heterocycles. The Labute approximate surface area is 245 Å². The van der Waals surface area contributed by atoms with Crippen LogP contribution in [0.1, 0.15) is 21.7 Å². The number of alkyl halides is 3. The van der Waals surface area contributed by atoms with E-state index in [1.165, 1.54) is 47.4 Å². The number of nitrogens with zero attached hydrogens (tertiary/aromatic N) is 6. The number of nitrogens with one attached hydrogen (secondary N) is 2. The van der Waals surface area contributed by atoms with Crippen molar-refractivity contribution in [3.63, 3.8) is 0 Å². The lowest BCUT2D eigenvalue weighted by Crippen LogP contribution is -2.55. The molecule has 0 aliphatic carbocycles. The third-order valence-electron chi connectivity index (χ3n) is 7.19. The number of halogens is 4. The molecule has 0 bridgehead atoms. The van der Waals surface area contributed by atoms with E-state index in [4.69, 9.17) is 4.74 Å². The molecule has 0 radical (unpaired) electrons. The van der Waals surface area contributed by atoms with Crippen LogP contribution in [0.15, 0.2) is 60.9 Å². The second kappa shape index (κ2) is 12.4. The summed E-state index contributed by atoms with van der Waals surface area (Å²) in [7, 11) is 3.67. The molecule has 226 valence electrons. The van der Waals surface area contributed by atoms with E-state index in [9.17, 15) is 22.4 Å². The van der Waals surface area contributed by atoms with Crippen LogP contribution in [0.3, 0.4) is 0 Å². The molecule has 1 saturated heterocycles. The highest BCUT2D eigenvalue weighted by molar-refractivity contribution is 6.05. The number of piperazine rings is 1. The number of carbonyl (C=O) groups excluding carboxylic acids is 1. The number of carbonyl (C=O) groups is 1. The van der Waals surface area contributed by atoms with E-state index in [1.54, 1.807) is 24.9 Å². The lowest BCUT2D eigenvalue weighted by molar-refractivity contribution is -0.138. The summed E-state index contributed by atoms with van der Waals surface area (Å²) >= 11 is 0. The van der Waals surface area contributed by atoms with Gasteiger partial charge in [-0.05, 0) is 57.4 Å². The fourth-order valence-corrected chi connectivity index (χ4v) is 5.05. The molecular formula is C29H30F4N8O2. The molecular weight excluding hydrogens is 568 g/mol. The van der Waals surface area contributed by atoms with Crippen LogP contribution in [0.5, 0.6) is 11.5 Å². The van der Waals surface area contributed by atoms with E-state index in [1.807, 2.05) is 7.05 Å². The van der Waals surface area contributed by atoms with Crippen molar-refractivity contribution in [3.05, 3.63) is 83.7 Å². The molecule has 10 nitrogen and oxygen atoms in total. The molecule has 43 heavy (non-hydrogen) atoms. The Bertz CT molecular complexity index is 1600. The number of aryl methyl sites for hydroxylation is 1. The lowest BCUT2D eigenvalue weighted by Gasteiger charge is -2.42. The Morgan fingerprint density at radius 1 is 1.09 bits per heavy atom. The number of amides is 1. The molecule has 1 aliphatic heterocycles. The zero-order chi connectivity index (χ0) is 30.7. The maximum atomic E-state index is 14.9. The van der Waals surface area contributed by atoms with Gasteiger partial charge in [0.05, 0.1) is 29.5 Å². The standard InChI is InChI=1S/C29H30F4N8O2/c1-18-14-23(38-41(18)19-10-11-35-36-16-19)28(42)37-22-8-9-25(43-24-7-5-4-6-21(24)30)26(29(31,32)33)27(22)40-13-12-39(3)20(17-40)15-34-2/h4-11,14,16,20,34H,12-13,15,17H2,1-3H3,(H,37,42)/t20-/m0/s1. The van der Waals surface area contributed by atoms with Crippen molar-refractivity contribution < 1.29 is 27.1 Å². The van der Waals surface area contributed by atoms with Crippen molar-refractivity contribution in [1.29, 1.82) is 0 Å². The summed E-state index contributed by atoms with van der Waals surface area (Å²) in [5, 5.41) is 17.6. The van der Waals surface area contributed by atoms with Gasteiger partial charge in [-0.3, -0.25) is 9.69 Å². The minimum atomic E-state index is -4.91. The number of rotatable bonds is 8. The van der Waals surface area contributed by atoms with E-state index in [0.717, 1.165) is 12.1 Å². The molecule has 2 N–H and O–H groups in total. The molecule has 2 aromatic carbocycles. The molecule has 5 rings (SSSR count). The number of para-hydroxylation sites is 1. The SMILES string of the molecule is CNC[C@H]1CN(c2c(NC(=O)c3cc(C)n(-c4ccnnc4)n3)ccc(Oc3ccccc3F)c2C(F)(F)F)CCN1C. The van der Waals surface area contributed by atoms with Gasteiger partial charge in [0.1, 0.15) is 11.3 Å². The third kappa shape index (κ3) is 6.44. The van der Waals surface area contributed by atoms with Gasteiger partial charge in [-0.1, -0.05) is 12.1 Å². The zero-order valence-corrected chi connectivity index (χ0v) is 23.7. The van der Waals surface area contributed by atoms with Crippen molar-refractivity contribution in [2.24, 2.45) is 0 Å². The number of ether oxygens (including phenoxy) is 1. The van der Waals surface area contributed by atoms with Gasteiger partial charge in [-0.25, -0.2) is 9.07 Å². The highest BCUT2D eigenvalue weighted by Crippen LogP contribution is 2.48. The van der Waals surface area contributed by atoms with Crippen LogP contribution in [0.4, 0.5) is 28.9 Å². The Kier molecular flexibility index (Phi) is 8.59. The first kappa shape index (κ1) is 29.9. The number of likely N-dealkylation sites (N-methyl/N-ethyl adjacent to an activating group) is 2. The Balaban J connectivity index is 1.59. The smallest absolute Gasteiger partial charge is 0.422 e. The Morgan fingerprint density at radius 2 is 1.88 bits per heavy atom. The molecule has 0 unspecified atom stereocenters. The fourth-order valence-electron chi connectivity index (χ4n) is 5.05. The van der Waals surface area contributed by atoms with Crippen LogP contribution in [0.2, 0.25) is 0 Å². The lowest BCUT2D eigenvalue weighted by atomic mass is 10.0. The number of aromatic nitrogens is 4. The Morgan fingerprint density at radius 3 is 2.58 bits per heavy atom. The normalized spacial score (nSPS) is 15.9. The van der Waals surface area contributed by atoms with Crippen LogP contribution < -0.4 is 20.3 Å². The minimum Gasteiger partial charge on any atom is -0.454 e. The summed E-state index contributed by atoms with van der Waals surface area (Å²) in [6.45, 7) is 3.21. The molecule has 1 aliphatic rings. The molecule has 1 atom stereocenters. The van der Waals surface area contributed by atoms with Gasteiger partial charge < -0.3 is 20.3 Å². The summed E-state index contributed by atoms with van der Waals surface area (Å²) in [4.78, 5) is 17.1. The average Bonchev–Trinajstić information content (AvgIpc) is 3.37. The fraction of sp³-hybridized carbons (Fsp3) is 0.310. The van der Waals surface area contributed by atoms with E-state index < -0.39 is 29.2 Å². The quantitative estimate of drug-likeness (QED) is 0.286. The molecule has 1 amide bonds. The van der Waals surface area contributed by atoms with Gasteiger partial charge in [0.2, 0.25) is 0 Å². The highest BCUT2D eigenvalue weighted by atomic mass is 19.4. The van der Waals surface area contributed by atoms with E-state index in [2.05, 4.69) is 30.8 Å². The zero-order valence-electron chi connectivity index (χ0n) is 23.7.